The Morgan fingerprint density at radius 3 is 3.16 bits per heavy atom. The van der Waals surface area contributed by atoms with Crippen molar-refractivity contribution in [1.29, 1.82) is 0 Å². The highest BCUT2D eigenvalue weighted by atomic mass is 16.5. The van der Waals surface area contributed by atoms with Gasteiger partial charge in [-0.05, 0) is 31.4 Å². The lowest BCUT2D eigenvalue weighted by atomic mass is 10.2. The second-order valence-corrected chi connectivity index (χ2v) is 4.90. The molecule has 2 N–H and O–H groups in total. The van der Waals surface area contributed by atoms with Crippen molar-refractivity contribution in [1.82, 2.24) is 9.55 Å². The SMILES string of the molecule is COc1ccc2nc(N)n(CCC3CCCO3)c2c1. The zero-order valence-corrected chi connectivity index (χ0v) is 11.1. The zero-order chi connectivity index (χ0) is 13.2. The third-order valence-corrected chi connectivity index (χ3v) is 3.68. The van der Waals surface area contributed by atoms with Crippen LogP contribution in [0.4, 0.5) is 5.95 Å². The van der Waals surface area contributed by atoms with Crippen molar-refractivity contribution in [3.8, 4) is 5.75 Å². The van der Waals surface area contributed by atoms with Gasteiger partial charge in [0.25, 0.3) is 0 Å². The van der Waals surface area contributed by atoms with Crippen molar-refractivity contribution >= 4 is 17.0 Å². The first-order chi connectivity index (χ1) is 9.28. The van der Waals surface area contributed by atoms with Gasteiger partial charge in [-0.1, -0.05) is 0 Å². The summed E-state index contributed by atoms with van der Waals surface area (Å²) >= 11 is 0. The lowest BCUT2D eigenvalue weighted by Crippen LogP contribution is -2.11. The van der Waals surface area contributed by atoms with E-state index in [1.165, 1.54) is 6.42 Å². The summed E-state index contributed by atoms with van der Waals surface area (Å²) in [6.07, 6.45) is 3.66. The highest BCUT2D eigenvalue weighted by molar-refractivity contribution is 5.79. The fourth-order valence-electron chi connectivity index (χ4n) is 2.63. The van der Waals surface area contributed by atoms with Crippen LogP contribution in [0.5, 0.6) is 5.75 Å². The maximum Gasteiger partial charge on any atom is 0.201 e. The third kappa shape index (κ3) is 2.38. The number of methoxy groups -OCH3 is 1. The van der Waals surface area contributed by atoms with Gasteiger partial charge >= 0.3 is 0 Å². The number of imidazole rings is 1. The molecular weight excluding hydrogens is 242 g/mol. The number of nitrogens with zero attached hydrogens (tertiary/aromatic N) is 2. The van der Waals surface area contributed by atoms with Gasteiger partial charge in [0.15, 0.2) is 0 Å². The van der Waals surface area contributed by atoms with Crippen LogP contribution in [-0.4, -0.2) is 29.4 Å². The van der Waals surface area contributed by atoms with Crippen LogP contribution in [0.3, 0.4) is 0 Å². The van der Waals surface area contributed by atoms with Crippen LogP contribution in [0.2, 0.25) is 0 Å². The van der Waals surface area contributed by atoms with Crippen molar-refractivity contribution in [2.45, 2.75) is 31.9 Å². The smallest absolute Gasteiger partial charge is 0.201 e. The summed E-state index contributed by atoms with van der Waals surface area (Å²) in [5, 5.41) is 0. The summed E-state index contributed by atoms with van der Waals surface area (Å²) in [6, 6.07) is 5.82. The Morgan fingerprint density at radius 1 is 1.53 bits per heavy atom. The van der Waals surface area contributed by atoms with Crippen molar-refractivity contribution in [2.75, 3.05) is 19.5 Å². The number of nitrogens with two attached hydrogens (primary N) is 1. The van der Waals surface area contributed by atoms with Crippen LogP contribution in [0.1, 0.15) is 19.3 Å². The van der Waals surface area contributed by atoms with Crippen molar-refractivity contribution in [3.63, 3.8) is 0 Å². The molecular formula is C14H19N3O2. The molecule has 1 aliphatic rings. The van der Waals surface area contributed by atoms with Crippen LogP contribution in [-0.2, 0) is 11.3 Å². The van der Waals surface area contributed by atoms with E-state index in [9.17, 15) is 0 Å². The van der Waals surface area contributed by atoms with Gasteiger partial charge < -0.3 is 19.8 Å². The molecule has 0 amide bonds. The van der Waals surface area contributed by atoms with Crippen LogP contribution in [0.25, 0.3) is 11.0 Å². The molecule has 0 spiro atoms. The molecule has 1 aromatic heterocycles. The molecule has 1 unspecified atom stereocenters. The monoisotopic (exact) mass is 261 g/mol. The highest BCUT2D eigenvalue weighted by Gasteiger charge is 2.17. The van der Waals surface area contributed by atoms with E-state index in [0.29, 0.717) is 12.1 Å². The van der Waals surface area contributed by atoms with Gasteiger partial charge in [0.1, 0.15) is 5.75 Å². The van der Waals surface area contributed by atoms with E-state index in [2.05, 4.69) is 4.98 Å². The first-order valence-electron chi connectivity index (χ1n) is 6.69. The molecule has 5 nitrogen and oxygen atoms in total. The molecule has 102 valence electrons. The fourth-order valence-corrected chi connectivity index (χ4v) is 2.63. The molecule has 0 bridgehead atoms. The molecule has 2 heterocycles. The van der Waals surface area contributed by atoms with E-state index in [1.54, 1.807) is 7.11 Å². The minimum atomic E-state index is 0.363. The van der Waals surface area contributed by atoms with Gasteiger partial charge in [-0.15, -0.1) is 0 Å². The lowest BCUT2D eigenvalue weighted by Gasteiger charge is -2.11. The molecule has 5 heteroatoms. The number of fused-ring (bicyclic) bond motifs is 1. The minimum absolute atomic E-state index is 0.363. The molecule has 19 heavy (non-hydrogen) atoms. The highest BCUT2D eigenvalue weighted by Crippen LogP contribution is 2.24. The van der Waals surface area contributed by atoms with Gasteiger partial charge in [0.2, 0.25) is 5.95 Å². The van der Waals surface area contributed by atoms with Crippen molar-refractivity contribution in [3.05, 3.63) is 18.2 Å². The zero-order valence-electron chi connectivity index (χ0n) is 11.1. The van der Waals surface area contributed by atoms with Crippen LogP contribution >= 0.6 is 0 Å². The normalized spacial score (nSPS) is 19.1. The van der Waals surface area contributed by atoms with E-state index in [1.807, 2.05) is 22.8 Å². The van der Waals surface area contributed by atoms with Crippen molar-refractivity contribution < 1.29 is 9.47 Å². The quantitative estimate of drug-likeness (QED) is 0.916. The van der Waals surface area contributed by atoms with Crippen molar-refractivity contribution in [2.24, 2.45) is 0 Å². The van der Waals surface area contributed by atoms with E-state index in [0.717, 1.165) is 42.8 Å². The molecule has 0 radical (unpaired) electrons. The summed E-state index contributed by atoms with van der Waals surface area (Å²) in [5.74, 6) is 1.38. The topological polar surface area (TPSA) is 62.3 Å². The van der Waals surface area contributed by atoms with E-state index in [4.69, 9.17) is 15.2 Å². The maximum absolute atomic E-state index is 6.00. The number of rotatable bonds is 4. The number of aromatic nitrogens is 2. The van der Waals surface area contributed by atoms with Gasteiger partial charge in [-0.2, -0.15) is 0 Å². The first kappa shape index (κ1) is 12.3. The number of benzene rings is 1. The van der Waals surface area contributed by atoms with Crippen LogP contribution in [0, 0.1) is 0 Å². The lowest BCUT2D eigenvalue weighted by molar-refractivity contribution is 0.101. The second-order valence-electron chi connectivity index (χ2n) is 4.90. The molecule has 0 aliphatic carbocycles. The average Bonchev–Trinajstić information content (AvgIpc) is 3.03. The Hall–Kier alpha value is -1.75. The molecule has 0 saturated carbocycles. The number of aryl methyl sites for hydroxylation is 1. The largest absolute Gasteiger partial charge is 0.497 e. The van der Waals surface area contributed by atoms with Gasteiger partial charge in [-0.3, -0.25) is 0 Å². The predicted molar refractivity (Wildman–Crippen MR) is 74.3 cm³/mol. The molecule has 1 fully saturated rings. The molecule has 3 rings (SSSR count). The predicted octanol–water partition coefficient (Wildman–Crippen LogP) is 2.20. The molecule has 1 aromatic carbocycles. The van der Waals surface area contributed by atoms with E-state index < -0.39 is 0 Å². The maximum atomic E-state index is 6.00. The molecule has 1 atom stereocenters. The summed E-state index contributed by atoms with van der Waals surface area (Å²) < 4.78 is 12.9. The van der Waals surface area contributed by atoms with E-state index >= 15 is 0 Å². The Morgan fingerprint density at radius 2 is 2.42 bits per heavy atom. The number of ether oxygens (including phenoxy) is 2. The number of nitrogen functional groups attached to an aromatic ring is 1. The fraction of sp³-hybridized carbons (Fsp3) is 0.500. The summed E-state index contributed by atoms with van der Waals surface area (Å²) in [7, 11) is 1.66. The number of anilines is 1. The Balaban J connectivity index is 1.85. The minimum Gasteiger partial charge on any atom is -0.497 e. The Bertz CT molecular complexity index is 573. The van der Waals surface area contributed by atoms with Gasteiger partial charge in [-0.25, -0.2) is 4.98 Å². The molecule has 1 saturated heterocycles. The third-order valence-electron chi connectivity index (χ3n) is 3.68. The molecule has 1 aliphatic heterocycles. The summed E-state index contributed by atoms with van der Waals surface area (Å²) in [5.41, 5.74) is 7.93. The molecule has 2 aromatic rings. The van der Waals surface area contributed by atoms with Crippen LogP contribution < -0.4 is 10.5 Å². The summed E-state index contributed by atoms with van der Waals surface area (Å²) in [4.78, 5) is 4.38. The average molecular weight is 261 g/mol. The van der Waals surface area contributed by atoms with Gasteiger partial charge in [0, 0.05) is 19.2 Å². The number of hydrogen-bond donors (Lipinski definition) is 1. The second kappa shape index (κ2) is 5.09. The van der Waals surface area contributed by atoms with Crippen LogP contribution in [0.15, 0.2) is 18.2 Å². The Kier molecular flexibility index (Phi) is 3.29. The summed E-state index contributed by atoms with van der Waals surface area (Å²) in [6.45, 7) is 1.72. The number of hydrogen-bond acceptors (Lipinski definition) is 4. The van der Waals surface area contributed by atoms with E-state index in [-0.39, 0.29) is 0 Å². The first-order valence-corrected chi connectivity index (χ1v) is 6.69. The Labute approximate surface area is 112 Å². The standard InChI is InChI=1S/C14H19N3O2/c1-18-11-4-5-12-13(9-11)17(14(15)16-12)7-6-10-3-2-8-19-10/h4-5,9-10H,2-3,6-8H2,1H3,(H2,15,16). The van der Waals surface area contributed by atoms with Gasteiger partial charge in [0.05, 0.1) is 24.2 Å².